The molecule has 0 aliphatic carbocycles. The molecule has 0 saturated carbocycles. The Morgan fingerprint density at radius 3 is 2.74 bits per heavy atom. The molecule has 1 aromatic carbocycles. The fraction of sp³-hybridized carbons (Fsp3) is 0.345. The normalized spacial score (nSPS) is 11.8. The fourth-order valence-electron chi connectivity index (χ4n) is 4.79. The summed E-state index contributed by atoms with van der Waals surface area (Å²) in [6, 6.07) is 8.68. The lowest BCUT2D eigenvalue weighted by molar-refractivity contribution is -0.120. The van der Waals surface area contributed by atoms with Crippen molar-refractivity contribution in [1.82, 2.24) is 39.6 Å². The second kappa shape index (κ2) is 12.8. The zero-order valence-corrected chi connectivity index (χ0v) is 25.4. The van der Waals surface area contributed by atoms with Crippen LogP contribution in [-0.2, 0) is 21.2 Å². The van der Waals surface area contributed by atoms with E-state index in [0.29, 0.717) is 58.0 Å². The number of nitrogens with zero attached hydrogens (tertiary/aromatic N) is 7. The van der Waals surface area contributed by atoms with Crippen LogP contribution in [0.15, 0.2) is 55.1 Å². The van der Waals surface area contributed by atoms with E-state index in [1.54, 1.807) is 59.0 Å². The summed E-state index contributed by atoms with van der Waals surface area (Å²) in [6.45, 7) is 3.23. The Bertz CT molecular complexity index is 1860. The number of anilines is 1. The van der Waals surface area contributed by atoms with Crippen LogP contribution in [0.25, 0.3) is 33.5 Å². The molecule has 4 aromatic heterocycles. The number of benzene rings is 1. The molecule has 14 heteroatoms. The Hall–Kier alpha value is -4.56. The molecule has 4 heterocycles. The molecular formula is C29H35N9O4S. The predicted molar refractivity (Wildman–Crippen MR) is 165 cm³/mol. The van der Waals surface area contributed by atoms with E-state index in [0.717, 1.165) is 18.5 Å². The summed E-state index contributed by atoms with van der Waals surface area (Å²) in [5.74, 6) is 0.265. The molecule has 13 nitrogen and oxygen atoms in total. The van der Waals surface area contributed by atoms with E-state index in [4.69, 9.17) is 14.8 Å². The lowest BCUT2D eigenvalue weighted by Crippen LogP contribution is -2.28. The van der Waals surface area contributed by atoms with Crippen LogP contribution in [0.5, 0.6) is 5.75 Å². The van der Waals surface area contributed by atoms with Gasteiger partial charge in [-0.2, -0.15) is 10.2 Å². The average Bonchev–Trinajstić information content (AvgIpc) is 3.56. The molecule has 226 valence electrons. The molecule has 0 atom stereocenters. The number of pyridine rings is 1. The second-order valence-corrected chi connectivity index (χ2v) is 12.2. The van der Waals surface area contributed by atoms with Crippen LogP contribution < -0.4 is 14.8 Å². The molecule has 0 bridgehead atoms. The van der Waals surface area contributed by atoms with Crippen molar-refractivity contribution in [1.29, 1.82) is 0 Å². The highest BCUT2D eigenvalue weighted by Gasteiger charge is 2.20. The number of methoxy groups -OCH3 is 1. The molecule has 1 amide bonds. The number of hydrogen-bond acceptors (Lipinski definition) is 9. The van der Waals surface area contributed by atoms with Crippen molar-refractivity contribution in [2.75, 3.05) is 44.8 Å². The summed E-state index contributed by atoms with van der Waals surface area (Å²) >= 11 is 0. The lowest BCUT2D eigenvalue weighted by atomic mass is 10.1. The van der Waals surface area contributed by atoms with E-state index < -0.39 is 10.0 Å². The largest absolute Gasteiger partial charge is 0.494 e. The molecule has 0 fully saturated rings. The standard InChI is InChI=1S/C29H35N9O4S/c1-5-14-43(40,41)35-20-8-9-25(27(15-20)42-4)38-26-16-23(22-19-33-37-13-7-11-31-29(22)37)32-18-21(26)24(34-38)17-28(39)30-10-6-12-36(2)3/h7-9,11,13,15-16,18-19,35H,5-6,10,12,14,17H2,1-4H3,(H,30,39). The van der Waals surface area contributed by atoms with Gasteiger partial charge in [-0.25, -0.2) is 22.6 Å². The van der Waals surface area contributed by atoms with Gasteiger partial charge in [-0.05, 0) is 57.7 Å². The van der Waals surface area contributed by atoms with Gasteiger partial charge in [0.05, 0.1) is 53.6 Å². The third kappa shape index (κ3) is 6.75. The average molecular weight is 606 g/mol. The fourth-order valence-corrected chi connectivity index (χ4v) is 5.92. The number of fused-ring (bicyclic) bond motifs is 2. The van der Waals surface area contributed by atoms with E-state index in [2.05, 4.69) is 25.0 Å². The summed E-state index contributed by atoms with van der Waals surface area (Å²) in [5, 5.41) is 12.9. The van der Waals surface area contributed by atoms with Gasteiger partial charge in [-0.15, -0.1) is 0 Å². The van der Waals surface area contributed by atoms with Crippen molar-refractivity contribution in [3.63, 3.8) is 0 Å². The number of sulfonamides is 1. The third-order valence-corrected chi connectivity index (χ3v) is 8.28. The maximum absolute atomic E-state index is 12.9. The Balaban J connectivity index is 1.56. The lowest BCUT2D eigenvalue weighted by Gasteiger charge is -2.13. The number of ether oxygens (including phenoxy) is 1. The van der Waals surface area contributed by atoms with Crippen LogP contribution in [-0.4, -0.2) is 88.6 Å². The first-order valence-electron chi connectivity index (χ1n) is 14.0. The van der Waals surface area contributed by atoms with Crippen molar-refractivity contribution >= 4 is 38.2 Å². The van der Waals surface area contributed by atoms with Gasteiger partial charge in [0.1, 0.15) is 11.4 Å². The van der Waals surface area contributed by atoms with E-state index in [-0.39, 0.29) is 18.1 Å². The summed E-state index contributed by atoms with van der Waals surface area (Å²) in [5.41, 5.74) is 4.20. The van der Waals surface area contributed by atoms with Gasteiger partial charge >= 0.3 is 0 Å². The summed E-state index contributed by atoms with van der Waals surface area (Å²) in [4.78, 5) is 24.1. The monoisotopic (exact) mass is 605 g/mol. The molecule has 0 aliphatic rings. The minimum Gasteiger partial charge on any atom is -0.494 e. The predicted octanol–water partition coefficient (Wildman–Crippen LogP) is 2.90. The number of rotatable bonds is 13. The minimum atomic E-state index is -3.49. The van der Waals surface area contributed by atoms with Crippen LogP contribution in [0.1, 0.15) is 25.5 Å². The first-order valence-corrected chi connectivity index (χ1v) is 15.6. The topological polar surface area (TPSA) is 149 Å². The Morgan fingerprint density at radius 2 is 1.98 bits per heavy atom. The van der Waals surface area contributed by atoms with Gasteiger partial charge in [-0.3, -0.25) is 14.5 Å². The number of hydrogen-bond donors (Lipinski definition) is 2. The van der Waals surface area contributed by atoms with E-state index >= 15 is 0 Å². The molecule has 0 saturated heterocycles. The number of carbonyl (C=O) groups excluding carboxylic acids is 1. The molecular weight excluding hydrogens is 570 g/mol. The number of aromatic nitrogens is 6. The zero-order valence-electron chi connectivity index (χ0n) is 24.6. The van der Waals surface area contributed by atoms with Crippen LogP contribution in [0.2, 0.25) is 0 Å². The third-order valence-electron chi connectivity index (χ3n) is 6.78. The maximum atomic E-state index is 12.9. The maximum Gasteiger partial charge on any atom is 0.232 e. The molecule has 0 radical (unpaired) electrons. The Morgan fingerprint density at radius 1 is 1.14 bits per heavy atom. The van der Waals surface area contributed by atoms with Crippen LogP contribution in [0, 0.1) is 0 Å². The van der Waals surface area contributed by atoms with Gasteiger partial charge in [0.15, 0.2) is 5.65 Å². The molecule has 0 unspecified atom stereocenters. The number of amides is 1. The smallest absolute Gasteiger partial charge is 0.232 e. The first-order chi connectivity index (χ1) is 20.7. The van der Waals surface area contributed by atoms with Gasteiger partial charge in [0, 0.05) is 36.6 Å². The molecule has 43 heavy (non-hydrogen) atoms. The summed E-state index contributed by atoms with van der Waals surface area (Å²) < 4.78 is 36.4. The van der Waals surface area contributed by atoms with Crippen molar-refractivity contribution in [2.24, 2.45) is 0 Å². The van der Waals surface area contributed by atoms with Crippen molar-refractivity contribution in [2.45, 2.75) is 26.2 Å². The van der Waals surface area contributed by atoms with Crippen LogP contribution >= 0.6 is 0 Å². The number of carbonyl (C=O) groups is 1. The summed E-state index contributed by atoms with van der Waals surface area (Å²) in [6.07, 6.45) is 8.30. The van der Waals surface area contributed by atoms with E-state index in [1.807, 2.05) is 26.4 Å². The van der Waals surface area contributed by atoms with Gasteiger partial charge < -0.3 is 15.0 Å². The Labute approximate surface area is 249 Å². The minimum absolute atomic E-state index is 0.00954. The highest BCUT2D eigenvalue weighted by molar-refractivity contribution is 7.92. The van der Waals surface area contributed by atoms with Crippen LogP contribution in [0.3, 0.4) is 0 Å². The summed E-state index contributed by atoms with van der Waals surface area (Å²) in [7, 11) is 2.00. The number of nitrogens with one attached hydrogen (secondary N) is 2. The van der Waals surface area contributed by atoms with Gasteiger partial charge in [0.2, 0.25) is 15.9 Å². The van der Waals surface area contributed by atoms with Crippen molar-refractivity contribution < 1.29 is 17.9 Å². The molecule has 5 aromatic rings. The van der Waals surface area contributed by atoms with E-state index in [1.165, 1.54) is 7.11 Å². The van der Waals surface area contributed by atoms with Crippen LogP contribution in [0.4, 0.5) is 5.69 Å². The molecule has 5 rings (SSSR count). The van der Waals surface area contributed by atoms with Crippen molar-refractivity contribution in [3.8, 4) is 22.7 Å². The highest BCUT2D eigenvalue weighted by Crippen LogP contribution is 2.33. The molecule has 0 aliphatic heterocycles. The highest BCUT2D eigenvalue weighted by atomic mass is 32.2. The first kappa shape index (κ1) is 29.9. The SMILES string of the molecule is CCCS(=O)(=O)Nc1ccc(-n2nc(CC(=O)NCCCN(C)C)c3cnc(-c4cnn5cccnc45)cc32)c(OC)c1. The van der Waals surface area contributed by atoms with Crippen molar-refractivity contribution in [3.05, 3.63) is 60.8 Å². The zero-order chi connectivity index (χ0) is 30.6. The van der Waals surface area contributed by atoms with Gasteiger partial charge in [0.25, 0.3) is 0 Å². The second-order valence-electron chi connectivity index (χ2n) is 10.4. The van der Waals surface area contributed by atoms with Gasteiger partial charge in [-0.1, -0.05) is 6.92 Å². The molecule has 2 N–H and O–H groups in total. The quantitative estimate of drug-likeness (QED) is 0.193. The van der Waals surface area contributed by atoms with E-state index in [9.17, 15) is 13.2 Å². The Kier molecular flexibility index (Phi) is 8.87. The molecule has 0 spiro atoms.